The fourth-order valence-electron chi connectivity index (χ4n) is 1.07. The van der Waals surface area contributed by atoms with Crippen LogP contribution in [-0.2, 0) is 4.74 Å². The zero-order valence-electron chi connectivity index (χ0n) is 5.60. The summed E-state index contributed by atoms with van der Waals surface area (Å²) in [5, 5.41) is 8.56. The van der Waals surface area contributed by atoms with Gasteiger partial charge < -0.3 is 14.7 Å². The van der Waals surface area contributed by atoms with Gasteiger partial charge in [0.25, 0.3) is 0 Å². The van der Waals surface area contributed by atoms with Crippen molar-refractivity contribution in [3.8, 4) is 0 Å². The van der Waals surface area contributed by atoms with Gasteiger partial charge in [-0.3, -0.25) is 0 Å². The third-order valence-electron chi connectivity index (χ3n) is 1.67. The summed E-state index contributed by atoms with van der Waals surface area (Å²) in [6.07, 6.45) is 0. The molecule has 0 aromatic carbocycles. The van der Waals surface area contributed by atoms with Crippen molar-refractivity contribution in [2.75, 3.05) is 39.5 Å². The molecule has 1 aliphatic rings. The molecule has 0 saturated carbocycles. The Bertz CT molecular complexity index is 68.7. The van der Waals surface area contributed by atoms with Crippen molar-refractivity contribution in [3.05, 3.63) is 0 Å². The van der Waals surface area contributed by atoms with Crippen LogP contribution < -0.4 is 4.90 Å². The van der Waals surface area contributed by atoms with Crippen LogP contribution in [0.4, 0.5) is 0 Å². The van der Waals surface area contributed by atoms with Crippen molar-refractivity contribution in [2.45, 2.75) is 0 Å². The molecular formula is C6H14NO2+. The van der Waals surface area contributed by atoms with Gasteiger partial charge in [0, 0.05) is 0 Å². The van der Waals surface area contributed by atoms with Gasteiger partial charge in [-0.25, -0.2) is 0 Å². The summed E-state index contributed by atoms with van der Waals surface area (Å²) in [5.74, 6) is 0. The lowest BCUT2D eigenvalue weighted by atomic mass is 10.4. The van der Waals surface area contributed by atoms with Crippen LogP contribution in [0.15, 0.2) is 0 Å². The van der Waals surface area contributed by atoms with Crippen molar-refractivity contribution in [3.63, 3.8) is 0 Å². The largest absolute Gasteiger partial charge is 0.391 e. The second kappa shape index (κ2) is 3.82. The first kappa shape index (κ1) is 6.99. The normalized spacial score (nSPS) is 22.3. The number of aliphatic hydroxyl groups excluding tert-OH is 1. The third-order valence-corrected chi connectivity index (χ3v) is 1.67. The number of hydrogen-bond donors (Lipinski definition) is 2. The van der Waals surface area contributed by atoms with Crippen LogP contribution in [0, 0.1) is 0 Å². The van der Waals surface area contributed by atoms with Crippen LogP contribution in [0.25, 0.3) is 0 Å². The Kier molecular flexibility index (Phi) is 2.97. The summed E-state index contributed by atoms with van der Waals surface area (Å²) in [6.45, 7) is 5.00. The van der Waals surface area contributed by atoms with Crippen LogP contribution >= 0.6 is 0 Å². The van der Waals surface area contributed by atoms with E-state index in [2.05, 4.69) is 0 Å². The smallest absolute Gasteiger partial charge is 0.101 e. The van der Waals surface area contributed by atoms with Gasteiger partial charge in [-0.2, -0.15) is 0 Å². The monoisotopic (exact) mass is 132 g/mol. The molecule has 1 heterocycles. The minimum atomic E-state index is 0.301. The molecule has 9 heavy (non-hydrogen) atoms. The summed E-state index contributed by atoms with van der Waals surface area (Å²) in [7, 11) is 0. The van der Waals surface area contributed by atoms with Gasteiger partial charge in [-0.15, -0.1) is 0 Å². The molecule has 1 fully saturated rings. The van der Waals surface area contributed by atoms with Gasteiger partial charge in [-0.1, -0.05) is 0 Å². The van der Waals surface area contributed by atoms with Crippen LogP contribution in [0.3, 0.4) is 0 Å². The molecule has 2 N–H and O–H groups in total. The molecule has 3 heteroatoms. The second-order valence-corrected chi connectivity index (χ2v) is 2.34. The number of ether oxygens (including phenoxy) is 1. The van der Waals surface area contributed by atoms with E-state index in [1.165, 1.54) is 4.90 Å². The van der Waals surface area contributed by atoms with E-state index in [-0.39, 0.29) is 0 Å². The predicted octanol–water partition coefficient (Wildman–Crippen LogP) is -2.11. The number of morpholine rings is 1. The molecule has 0 amide bonds. The molecule has 1 rings (SSSR count). The second-order valence-electron chi connectivity index (χ2n) is 2.34. The molecule has 0 aromatic heterocycles. The minimum absolute atomic E-state index is 0.301. The Morgan fingerprint density at radius 3 is 2.56 bits per heavy atom. The SMILES string of the molecule is OCC[NH+]1CCOCC1. The number of rotatable bonds is 2. The van der Waals surface area contributed by atoms with Crippen LogP contribution in [0.2, 0.25) is 0 Å². The fraction of sp³-hybridized carbons (Fsp3) is 1.00. The summed E-state index contributed by atoms with van der Waals surface area (Å²) in [5.41, 5.74) is 0. The summed E-state index contributed by atoms with van der Waals surface area (Å²) in [4.78, 5) is 1.46. The number of quaternary nitrogens is 1. The quantitative estimate of drug-likeness (QED) is 0.451. The molecule has 1 aliphatic heterocycles. The van der Waals surface area contributed by atoms with E-state index in [9.17, 15) is 0 Å². The average Bonchev–Trinajstić information content (AvgIpc) is 1.91. The fourth-order valence-corrected chi connectivity index (χ4v) is 1.07. The van der Waals surface area contributed by atoms with Gasteiger partial charge in [0.15, 0.2) is 0 Å². The van der Waals surface area contributed by atoms with Crippen LogP contribution in [0.1, 0.15) is 0 Å². The Balaban J connectivity index is 2.08. The Hall–Kier alpha value is -0.120. The highest BCUT2D eigenvalue weighted by atomic mass is 16.5. The van der Waals surface area contributed by atoms with Gasteiger partial charge in [0.1, 0.15) is 19.6 Å². The first-order chi connectivity index (χ1) is 4.43. The Labute approximate surface area is 55.2 Å². The van der Waals surface area contributed by atoms with Gasteiger partial charge >= 0.3 is 0 Å². The Morgan fingerprint density at radius 2 is 2.00 bits per heavy atom. The topological polar surface area (TPSA) is 33.9 Å². The van der Waals surface area contributed by atoms with Gasteiger partial charge in [-0.05, 0) is 0 Å². The summed E-state index contributed by atoms with van der Waals surface area (Å²) >= 11 is 0. The Morgan fingerprint density at radius 1 is 1.33 bits per heavy atom. The zero-order valence-corrected chi connectivity index (χ0v) is 5.60. The predicted molar refractivity (Wildman–Crippen MR) is 33.5 cm³/mol. The lowest BCUT2D eigenvalue weighted by molar-refractivity contribution is -0.908. The van der Waals surface area contributed by atoms with Crippen LogP contribution in [-0.4, -0.2) is 44.6 Å². The van der Waals surface area contributed by atoms with E-state index in [4.69, 9.17) is 9.84 Å². The van der Waals surface area contributed by atoms with E-state index < -0.39 is 0 Å². The molecule has 1 saturated heterocycles. The van der Waals surface area contributed by atoms with Crippen molar-refractivity contribution < 1.29 is 14.7 Å². The standard InChI is InChI=1S/C6H13NO2/c8-4-1-7-2-5-9-6-3-7/h8H,1-6H2/p+1. The highest BCUT2D eigenvalue weighted by Gasteiger charge is 2.11. The van der Waals surface area contributed by atoms with Crippen molar-refractivity contribution >= 4 is 0 Å². The molecule has 0 radical (unpaired) electrons. The van der Waals surface area contributed by atoms with Crippen LogP contribution in [0.5, 0.6) is 0 Å². The van der Waals surface area contributed by atoms with E-state index >= 15 is 0 Å². The average molecular weight is 132 g/mol. The third kappa shape index (κ3) is 2.30. The maximum absolute atomic E-state index is 8.56. The first-order valence-electron chi connectivity index (χ1n) is 3.45. The number of nitrogens with one attached hydrogen (secondary N) is 1. The zero-order chi connectivity index (χ0) is 6.53. The molecule has 0 bridgehead atoms. The van der Waals surface area contributed by atoms with E-state index in [1.807, 2.05) is 0 Å². The summed E-state index contributed by atoms with van der Waals surface area (Å²) < 4.78 is 5.14. The molecule has 54 valence electrons. The molecular weight excluding hydrogens is 118 g/mol. The maximum atomic E-state index is 8.56. The van der Waals surface area contributed by atoms with Gasteiger partial charge in [0.05, 0.1) is 19.8 Å². The van der Waals surface area contributed by atoms with Crippen molar-refractivity contribution in [1.82, 2.24) is 0 Å². The van der Waals surface area contributed by atoms with E-state index in [0.29, 0.717) is 6.61 Å². The van der Waals surface area contributed by atoms with E-state index in [1.54, 1.807) is 0 Å². The molecule has 0 aromatic rings. The number of hydrogen-bond acceptors (Lipinski definition) is 2. The minimum Gasteiger partial charge on any atom is -0.391 e. The van der Waals surface area contributed by atoms with Crippen molar-refractivity contribution in [1.29, 1.82) is 0 Å². The lowest BCUT2D eigenvalue weighted by Gasteiger charge is -2.22. The number of aliphatic hydroxyl groups is 1. The molecule has 3 nitrogen and oxygen atoms in total. The molecule has 0 aliphatic carbocycles. The van der Waals surface area contributed by atoms with Gasteiger partial charge in [0.2, 0.25) is 0 Å². The lowest BCUT2D eigenvalue weighted by Crippen LogP contribution is -3.14. The first-order valence-corrected chi connectivity index (χ1v) is 3.45. The maximum Gasteiger partial charge on any atom is 0.101 e. The molecule has 0 unspecified atom stereocenters. The molecule has 0 atom stereocenters. The summed E-state index contributed by atoms with van der Waals surface area (Å²) in [6, 6.07) is 0. The molecule has 0 spiro atoms. The van der Waals surface area contributed by atoms with Crippen molar-refractivity contribution in [2.24, 2.45) is 0 Å². The highest BCUT2D eigenvalue weighted by Crippen LogP contribution is 1.73. The highest BCUT2D eigenvalue weighted by molar-refractivity contribution is 4.37. The van der Waals surface area contributed by atoms with E-state index in [0.717, 1.165) is 32.8 Å².